The van der Waals surface area contributed by atoms with Crippen LogP contribution in [0.1, 0.15) is 41.6 Å². The quantitative estimate of drug-likeness (QED) is 0.458. The maximum Gasteiger partial charge on any atom is 0.420 e. The highest BCUT2D eigenvalue weighted by molar-refractivity contribution is 7.89. The lowest BCUT2D eigenvalue weighted by Crippen LogP contribution is -2.35. The molecule has 2 aliphatic rings. The normalized spacial score (nSPS) is 17.0. The fraction of sp³-hybridized carbons (Fsp3) is 0.318. The summed E-state index contributed by atoms with van der Waals surface area (Å²) in [5, 5.41) is 3.95. The average Bonchev–Trinajstić information content (AvgIpc) is 3.47. The zero-order valence-corrected chi connectivity index (χ0v) is 17.9. The molecule has 10 heteroatoms. The van der Waals surface area contributed by atoms with Gasteiger partial charge in [0.15, 0.2) is 11.4 Å². The number of nitrogens with zero attached hydrogens (tertiary/aromatic N) is 4. The Morgan fingerprint density at radius 3 is 2.72 bits per heavy atom. The van der Waals surface area contributed by atoms with E-state index in [9.17, 15) is 13.2 Å². The molecule has 0 N–H and O–H groups in total. The molecule has 9 nitrogen and oxygen atoms in total. The standard InChI is InChI=1S/C22H20N4O5S/c27-22-26(13-20-23-21(31-24-20)15-5-6-15)18-8-7-17(11-19(18)30-22)32(28,29)25-10-9-14-3-1-2-4-16(14)12-25/h1-4,7-8,11,15H,5-6,9-10,12-13H2. The molecule has 4 aromatic rings. The zero-order valence-electron chi connectivity index (χ0n) is 17.1. The van der Waals surface area contributed by atoms with Gasteiger partial charge in [0.05, 0.1) is 17.0 Å². The topological polar surface area (TPSA) is 111 Å². The molecule has 0 amide bonds. The molecule has 1 aliphatic heterocycles. The summed E-state index contributed by atoms with van der Waals surface area (Å²) < 4.78 is 40.0. The van der Waals surface area contributed by atoms with Crippen molar-refractivity contribution in [3.05, 3.63) is 75.9 Å². The minimum absolute atomic E-state index is 0.0943. The third-order valence-corrected chi connectivity index (χ3v) is 7.92. The molecule has 32 heavy (non-hydrogen) atoms. The second kappa shape index (κ2) is 7.14. The van der Waals surface area contributed by atoms with Gasteiger partial charge in [0.2, 0.25) is 15.9 Å². The van der Waals surface area contributed by atoms with E-state index in [-0.39, 0.29) is 17.0 Å². The third kappa shape index (κ3) is 3.26. The molecule has 0 bridgehead atoms. The summed E-state index contributed by atoms with van der Waals surface area (Å²) in [7, 11) is -3.74. The van der Waals surface area contributed by atoms with E-state index in [1.165, 1.54) is 26.6 Å². The van der Waals surface area contributed by atoms with Crippen LogP contribution in [-0.4, -0.2) is 34.0 Å². The van der Waals surface area contributed by atoms with Gasteiger partial charge in [0.1, 0.15) is 0 Å². The van der Waals surface area contributed by atoms with Crippen LogP contribution < -0.4 is 5.76 Å². The monoisotopic (exact) mass is 452 g/mol. The maximum atomic E-state index is 13.3. The molecular weight excluding hydrogens is 432 g/mol. The number of rotatable bonds is 5. The van der Waals surface area contributed by atoms with E-state index >= 15 is 0 Å². The fourth-order valence-corrected chi connectivity index (χ4v) is 5.58. The molecular formula is C22H20N4O5S. The molecule has 2 aromatic heterocycles. The van der Waals surface area contributed by atoms with Crippen molar-refractivity contribution in [2.75, 3.05) is 6.54 Å². The van der Waals surface area contributed by atoms with Gasteiger partial charge in [-0.05, 0) is 42.5 Å². The van der Waals surface area contributed by atoms with Gasteiger partial charge in [-0.1, -0.05) is 29.4 Å². The van der Waals surface area contributed by atoms with Gasteiger partial charge in [-0.25, -0.2) is 13.2 Å². The number of hydrogen-bond donors (Lipinski definition) is 0. The molecule has 0 spiro atoms. The Balaban J connectivity index is 1.30. The minimum Gasteiger partial charge on any atom is -0.408 e. The molecule has 0 unspecified atom stereocenters. The SMILES string of the molecule is O=c1oc2cc(S(=O)(=O)N3CCc4ccccc4C3)ccc2n1Cc1noc(C2CC2)n1. The van der Waals surface area contributed by atoms with Crippen molar-refractivity contribution in [1.82, 2.24) is 19.0 Å². The lowest BCUT2D eigenvalue weighted by atomic mass is 10.0. The van der Waals surface area contributed by atoms with Gasteiger partial charge in [0.25, 0.3) is 0 Å². The van der Waals surface area contributed by atoms with Gasteiger partial charge >= 0.3 is 5.76 Å². The Morgan fingerprint density at radius 1 is 1.09 bits per heavy atom. The summed E-state index contributed by atoms with van der Waals surface area (Å²) in [6.45, 7) is 0.823. The van der Waals surface area contributed by atoms with E-state index in [4.69, 9.17) is 8.94 Å². The zero-order chi connectivity index (χ0) is 21.9. The van der Waals surface area contributed by atoms with E-state index in [1.807, 2.05) is 24.3 Å². The largest absolute Gasteiger partial charge is 0.420 e. The number of benzene rings is 2. The highest BCUT2D eigenvalue weighted by Gasteiger charge is 2.31. The Morgan fingerprint density at radius 2 is 1.91 bits per heavy atom. The van der Waals surface area contributed by atoms with Crippen molar-refractivity contribution < 1.29 is 17.4 Å². The van der Waals surface area contributed by atoms with Crippen LogP contribution in [0.5, 0.6) is 0 Å². The van der Waals surface area contributed by atoms with Gasteiger partial charge < -0.3 is 8.94 Å². The van der Waals surface area contributed by atoms with E-state index in [1.54, 1.807) is 6.07 Å². The van der Waals surface area contributed by atoms with Crippen molar-refractivity contribution in [3.63, 3.8) is 0 Å². The molecule has 2 aromatic carbocycles. The second-order valence-corrected chi connectivity index (χ2v) is 10.2. The Bertz CT molecular complexity index is 1500. The van der Waals surface area contributed by atoms with Gasteiger partial charge in [-0.2, -0.15) is 9.29 Å². The lowest BCUT2D eigenvalue weighted by Gasteiger charge is -2.28. The summed E-state index contributed by atoms with van der Waals surface area (Å²) >= 11 is 0. The Kier molecular flexibility index (Phi) is 4.34. The number of aromatic nitrogens is 3. The van der Waals surface area contributed by atoms with Crippen molar-refractivity contribution >= 4 is 21.1 Å². The Labute approximate surface area is 183 Å². The highest BCUT2D eigenvalue weighted by atomic mass is 32.2. The number of sulfonamides is 1. The first kappa shape index (κ1) is 19.4. The van der Waals surface area contributed by atoms with Crippen LogP contribution in [0.2, 0.25) is 0 Å². The summed E-state index contributed by atoms with van der Waals surface area (Å²) in [5.74, 6) is 0.709. The first-order chi connectivity index (χ1) is 15.5. The molecule has 0 saturated heterocycles. The predicted octanol–water partition coefficient (Wildman–Crippen LogP) is 2.65. The van der Waals surface area contributed by atoms with Gasteiger partial charge in [-0.15, -0.1) is 0 Å². The summed E-state index contributed by atoms with van der Waals surface area (Å²) in [5.41, 5.74) is 2.87. The molecule has 1 aliphatic carbocycles. The van der Waals surface area contributed by atoms with E-state index in [2.05, 4.69) is 10.1 Å². The first-order valence-corrected chi connectivity index (χ1v) is 12.0. The first-order valence-electron chi connectivity index (χ1n) is 10.5. The van der Waals surface area contributed by atoms with Gasteiger partial charge in [0, 0.05) is 25.1 Å². The van der Waals surface area contributed by atoms with Crippen molar-refractivity contribution in [1.29, 1.82) is 0 Å². The molecule has 0 radical (unpaired) electrons. The number of oxazole rings is 1. The highest BCUT2D eigenvalue weighted by Crippen LogP contribution is 2.38. The van der Waals surface area contributed by atoms with Crippen LogP contribution in [-0.2, 0) is 29.5 Å². The van der Waals surface area contributed by atoms with Crippen LogP contribution in [0.4, 0.5) is 0 Å². The molecule has 6 rings (SSSR count). The van der Waals surface area contributed by atoms with Crippen LogP contribution >= 0.6 is 0 Å². The van der Waals surface area contributed by atoms with E-state index in [0.29, 0.717) is 42.7 Å². The van der Waals surface area contributed by atoms with Crippen LogP contribution in [0.15, 0.2) is 61.1 Å². The molecule has 1 fully saturated rings. The van der Waals surface area contributed by atoms with E-state index < -0.39 is 15.8 Å². The molecule has 1 saturated carbocycles. The summed E-state index contributed by atoms with van der Waals surface area (Å²) in [6.07, 6.45) is 2.74. The van der Waals surface area contributed by atoms with Crippen LogP contribution in [0, 0.1) is 0 Å². The van der Waals surface area contributed by atoms with Crippen LogP contribution in [0.3, 0.4) is 0 Å². The van der Waals surface area contributed by atoms with Crippen molar-refractivity contribution in [2.24, 2.45) is 0 Å². The maximum absolute atomic E-state index is 13.3. The lowest BCUT2D eigenvalue weighted by molar-refractivity contribution is 0.372. The predicted molar refractivity (Wildman–Crippen MR) is 114 cm³/mol. The minimum atomic E-state index is -3.74. The van der Waals surface area contributed by atoms with Crippen molar-refractivity contribution in [2.45, 2.75) is 43.2 Å². The molecule has 3 heterocycles. The van der Waals surface area contributed by atoms with Crippen LogP contribution in [0.25, 0.3) is 11.1 Å². The number of fused-ring (bicyclic) bond motifs is 2. The third-order valence-electron chi connectivity index (χ3n) is 6.08. The Hall–Kier alpha value is -3.24. The summed E-state index contributed by atoms with van der Waals surface area (Å²) in [6, 6.07) is 12.4. The molecule has 164 valence electrons. The average molecular weight is 452 g/mol. The fourth-order valence-electron chi connectivity index (χ4n) is 4.15. The van der Waals surface area contributed by atoms with E-state index in [0.717, 1.165) is 18.4 Å². The second-order valence-electron chi connectivity index (χ2n) is 8.26. The van der Waals surface area contributed by atoms with Crippen molar-refractivity contribution in [3.8, 4) is 0 Å². The smallest absolute Gasteiger partial charge is 0.408 e. The van der Waals surface area contributed by atoms with Gasteiger partial charge in [-0.3, -0.25) is 4.57 Å². The summed E-state index contributed by atoms with van der Waals surface area (Å²) in [4.78, 5) is 16.9. The molecule has 0 atom stereocenters. The number of hydrogen-bond acceptors (Lipinski definition) is 7.